The summed E-state index contributed by atoms with van der Waals surface area (Å²) < 4.78 is 25.7. The van der Waals surface area contributed by atoms with Crippen LogP contribution in [0.15, 0.2) is 91.0 Å². The fourth-order valence-electron chi connectivity index (χ4n) is 4.79. The van der Waals surface area contributed by atoms with E-state index in [0.717, 1.165) is 33.6 Å². The highest BCUT2D eigenvalue weighted by Crippen LogP contribution is 2.25. The molecule has 0 aliphatic rings. The van der Waals surface area contributed by atoms with Crippen molar-refractivity contribution in [2.24, 2.45) is 0 Å². The van der Waals surface area contributed by atoms with E-state index in [-0.39, 0.29) is 17.8 Å². The smallest absolute Gasteiger partial charge is 0.335 e. The summed E-state index contributed by atoms with van der Waals surface area (Å²) in [5, 5.41) is 18.2. The van der Waals surface area contributed by atoms with Crippen molar-refractivity contribution in [3.05, 3.63) is 119 Å². The second-order valence-corrected chi connectivity index (χ2v) is 10.3. The fraction of sp³-hybridized carbons (Fsp3) is 0.257. The number of carboxylic acid groups (broad SMARTS) is 2. The maximum atomic E-state index is 14.3. The van der Waals surface area contributed by atoms with Crippen LogP contribution in [0.2, 0.25) is 0 Å². The van der Waals surface area contributed by atoms with Crippen molar-refractivity contribution in [3.63, 3.8) is 0 Å². The average molecular weight is 586 g/mol. The first-order valence-electron chi connectivity index (χ1n) is 14.2. The van der Waals surface area contributed by atoms with Gasteiger partial charge in [0, 0.05) is 19.5 Å². The molecule has 0 aliphatic carbocycles. The van der Waals surface area contributed by atoms with E-state index in [4.69, 9.17) is 14.6 Å². The molecule has 0 bridgehead atoms. The number of rotatable bonds is 16. The normalized spacial score (nSPS) is 11.0. The van der Waals surface area contributed by atoms with Gasteiger partial charge in [-0.1, -0.05) is 48.5 Å². The topological polar surface area (TPSA) is 96.3 Å². The van der Waals surface area contributed by atoms with Crippen LogP contribution in [0.1, 0.15) is 46.3 Å². The number of hydrogen-bond donors (Lipinski definition) is 2. The number of ether oxygens (including phenoxy) is 2. The molecule has 0 aromatic heterocycles. The number of carbonyl (C=O) groups is 2. The number of aliphatic carboxylic acids is 1. The Labute approximate surface area is 251 Å². The van der Waals surface area contributed by atoms with Gasteiger partial charge in [-0.25, -0.2) is 9.18 Å². The van der Waals surface area contributed by atoms with Crippen LogP contribution in [-0.2, 0) is 24.4 Å². The van der Waals surface area contributed by atoms with Crippen LogP contribution in [0, 0.1) is 5.82 Å². The molecule has 0 aliphatic heterocycles. The van der Waals surface area contributed by atoms with Gasteiger partial charge in [-0.3, -0.25) is 9.69 Å². The zero-order valence-corrected chi connectivity index (χ0v) is 24.2. The third-order valence-corrected chi connectivity index (χ3v) is 7.21. The van der Waals surface area contributed by atoms with Crippen LogP contribution in [-0.4, -0.2) is 47.3 Å². The zero-order chi connectivity index (χ0) is 30.6. The molecule has 224 valence electrons. The lowest BCUT2D eigenvalue weighted by Crippen LogP contribution is -2.27. The van der Waals surface area contributed by atoms with Crippen molar-refractivity contribution in [1.82, 2.24) is 4.90 Å². The van der Waals surface area contributed by atoms with E-state index >= 15 is 0 Å². The summed E-state index contributed by atoms with van der Waals surface area (Å²) in [4.78, 5) is 24.3. The van der Waals surface area contributed by atoms with E-state index in [1.807, 2.05) is 48.5 Å². The van der Waals surface area contributed by atoms with Crippen molar-refractivity contribution >= 4 is 11.9 Å². The number of halogens is 1. The number of aromatic carboxylic acids is 1. The third-order valence-electron chi connectivity index (χ3n) is 7.21. The molecule has 0 atom stereocenters. The minimum atomic E-state index is -0.983. The summed E-state index contributed by atoms with van der Waals surface area (Å²) in [6, 6.07) is 27.2. The molecule has 4 rings (SSSR count). The molecule has 0 amide bonds. The summed E-state index contributed by atoms with van der Waals surface area (Å²) in [6.07, 6.45) is 1.87. The van der Waals surface area contributed by atoms with Gasteiger partial charge in [-0.15, -0.1) is 0 Å². The Morgan fingerprint density at radius 2 is 1.44 bits per heavy atom. The number of unbranched alkanes of at least 4 members (excludes halogenated alkanes) is 1. The second-order valence-electron chi connectivity index (χ2n) is 10.3. The van der Waals surface area contributed by atoms with Crippen LogP contribution in [0.4, 0.5) is 4.39 Å². The Hall–Kier alpha value is -4.69. The van der Waals surface area contributed by atoms with E-state index in [2.05, 4.69) is 4.90 Å². The van der Waals surface area contributed by atoms with E-state index < -0.39 is 11.9 Å². The zero-order valence-electron chi connectivity index (χ0n) is 24.2. The molecule has 7 nitrogen and oxygen atoms in total. The Morgan fingerprint density at radius 1 is 0.791 bits per heavy atom. The highest BCUT2D eigenvalue weighted by molar-refractivity contribution is 5.87. The molecule has 0 fully saturated rings. The van der Waals surface area contributed by atoms with Crippen LogP contribution in [0.3, 0.4) is 0 Å². The molecular formula is C35H36FNO6. The van der Waals surface area contributed by atoms with Gasteiger partial charge >= 0.3 is 11.9 Å². The largest absolute Gasteiger partial charge is 0.497 e. The minimum absolute atomic E-state index is 0.101. The van der Waals surface area contributed by atoms with Gasteiger partial charge in [-0.05, 0) is 96.1 Å². The lowest BCUT2D eigenvalue weighted by atomic mass is 10.0. The van der Waals surface area contributed by atoms with Gasteiger partial charge in [0.2, 0.25) is 0 Å². The van der Waals surface area contributed by atoms with Crippen LogP contribution < -0.4 is 9.47 Å². The molecule has 43 heavy (non-hydrogen) atoms. The predicted octanol–water partition coefficient (Wildman–Crippen LogP) is 7.08. The molecular weight excluding hydrogens is 549 g/mol. The van der Waals surface area contributed by atoms with Gasteiger partial charge in [-0.2, -0.15) is 0 Å². The SMILES string of the molecule is COc1ccc(-c2ccc(COc3ccc(F)cc3CCN(CCCCC(=O)O)Cc3ccc(C(=O)O)cc3)cc2)cc1. The van der Waals surface area contributed by atoms with Crippen LogP contribution >= 0.6 is 0 Å². The summed E-state index contributed by atoms with van der Waals surface area (Å²) in [5.74, 6) is -0.739. The van der Waals surface area contributed by atoms with E-state index in [1.165, 1.54) is 12.1 Å². The highest BCUT2D eigenvalue weighted by Gasteiger charge is 2.12. The number of nitrogens with zero attached hydrogens (tertiary/aromatic N) is 1. The first-order valence-corrected chi connectivity index (χ1v) is 14.2. The first kappa shape index (κ1) is 31.3. The number of carboxylic acids is 2. The Bertz CT molecular complexity index is 1490. The molecule has 8 heteroatoms. The van der Waals surface area contributed by atoms with Crippen molar-refractivity contribution in [3.8, 4) is 22.6 Å². The van der Waals surface area contributed by atoms with E-state index in [9.17, 15) is 19.1 Å². The van der Waals surface area contributed by atoms with Crippen molar-refractivity contribution in [2.75, 3.05) is 20.2 Å². The summed E-state index contributed by atoms with van der Waals surface area (Å²) >= 11 is 0. The fourth-order valence-corrected chi connectivity index (χ4v) is 4.79. The number of methoxy groups -OCH3 is 1. The standard InChI is InChI=1S/C35H36FNO6/c1-42-32-16-13-28(14-17-32)27-9-7-26(8-10-27)24-43-33-18-15-31(36)22-30(33)19-21-37(20-3-2-4-34(38)39)23-25-5-11-29(12-6-25)35(40)41/h5-18,22H,2-4,19-21,23-24H2,1H3,(H,38,39)(H,40,41). The average Bonchev–Trinajstić information content (AvgIpc) is 3.01. The Morgan fingerprint density at radius 3 is 2.07 bits per heavy atom. The second kappa shape index (κ2) is 15.5. The van der Waals surface area contributed by atoms with Crippen LogP contribution in [0.25, 0.3) is 11.1 Å². The van der Waals surface area contributed by atoms with Crippen molar-refractivity contribution in [1.29, 1.82) is 0 Å². The van der Waals surface area contributed by atoms with E-state index in [1.54, 1.807) is 37.4 Å². The van der Waals surface area contributed by atoms with Gasteiger partial charge in [0.1, 0.15) is 23.9 Å². The van der Waals surface area contributed by atoms with Crippen molar-refractivity contribution < 1.29 is 33.7 Å². The molecule has 0 saturated carbocycles. The molecule has 4 aromatic carbocycles. The summed E-state index contributed by atoms with van der Waals surface area (Å²) in [5.41, 5.74) is 5.05. The van der Waals surface area contributed by atoms with Gasteiger partial charge < -0.3 is 19.7 Å². The molecule has 0 saturated heterocycles. The molecule has 0 spiro atoms. The lowest BCUT2D eigenvalue weighted by molar-refractivity contribution is -0.137. The molecule has 4 aromatic rings. The van der Waals surface area contributed by atoms with E-state index in [0.29, 0.717) is 51.3 Å². The molecule has 0 heterocycles. The molecule has 0 radical (unpaired) electrons. The lowest BCUT2D eigenvalue weighted by Gasteiger charge is -2.23. The van der Waals surface area contributed by atoms with Gasteiger partial charge in [0.05, 0.1) is 12.7 Å². The summed E-state index contributed by atoms with van der Waals surface area (Å²) in [7, 11) is 1.64. The monoisotopic (exact) mass is 585 g/mol. The number of benzene rings is 4. The highest BCUT2D eigenvalue weighted by atomic mass is 19.1. The maximum absolute atomic E-state index is 14.3. The van der Waals surface area contributed by atoms with Crippen molar-refractivity contribution in [2.45, 2.75) is 38.8 Å². The first-order chi connectivity index (χ1) is 20.8. The molecule has 0 unspecified atom stereocenters. The Kier molecular flexibility index (Phi) is 11.3. The minimum Gasteiger partial charge on any atom is -0.497 e. The van der Waals surface area contributed by atoms with Crippen LogP contribution in [0.5, 0.6) is 11.5 Å². The summed E-state index contributed by atoms with van der Waals surface area (Å²) in [6.45, 7) is 2.12. The van der Waals surface area contributed by atoms with Gasteiger partial charge in [0.25, 0.3) is 0 Å². The Balaban J connectivity index is 1.40. The number of hydrogen-bond acceptors (Lipinski definition) is 5. The molecule has 2 N–H and O–H groups in total. The quantitative estimate of drug-likeness (QED) is 0.136. The third kappa shape index (κ3) is 9.68. The predicted molar refractivity (Wildman–Crippen MR) is 163 cm³/mol. The van der Waals surface area contributed by atoms with Gasteiger partial charge in [0.15, 0.2) is 0 Å². The maximum Gasteiger partial charge on any atom is 0.335 e.